The summed E-state index contributed by atoms with van der Waals surface area (Å²) in [5.41, 5.74) is 1.53. The number of rotatable bonds is 4. The van der Waals surface area contributed by atoms with Gasteiger partial charge in [0.15, 0.2) is 11.9 Å². The number of esters is 1. The number of hydrogen-bond donors (Lipinski definition) is 4. The second-order valence-corrected chi connectivity index (χ2v) is 7.87. The van der Waals surface area contributed by atoms with Gasteiger partial charge in [0.2, 0.25) is 5.89 Å². The minimum atomic E-state index is -1.72. The van der Waals surface area contributed by atoms with Crippen LogP contribution in [0.3, 0.4) is 0 Å². The summed E-state index contributed by atoms with van der Waals surface area (Å²) in [6.07, 6.45) is -7.79. The molecule has 2 heterocycles. The zero-order valence-electron chi connectivity index (χ0n) is 15.7. The number of hydrogen-bond acceptors (Lipinski definition) is 9. The van der Waals surface area contributed by atoms with Gasteiger partial charge in [-0.3, -0.25) is 0 Å². The molecule has 0 amide bonds. The van der Waals surface area contributed by atoms with Crippen molar-refractivity contribution >= 4 is 40.3 Å². The van der Waals surface area contributed by atoms with Gasteiger partial charge in [0.1, 0.15) is 36.5 Å². The summed E-state index contributed by atoms with van der Waals surface area (Å²) in [6.45, 7) is -0.457. The predicted molar refractivity (Wildman–Crippen MR) is 109 cm³/mol. The van der Waals surface area contributed by atoms with E-state index in [0.29, 0.717) is 26.7 Å². The van der Waals surface area contributed by atoms with E-state index in [1.54, 1.807) is 24.3 Å². The molecule has 164 valence electrons. The molecule has 0 saturated carbocycles. The lowest BCUT2D eigenvalue weighted by Crippen LogP contribution is -2.58. The smallest absolute Gasteiger partial charge is 0.338 e. The largest absolute Gasteiger partial charge is 0.459 e. The van der Waals surface area contributed by atoms with Crippen molar-refractivity contribution in [2.24, 2.45) is 0 Å². The average Bonchev–Trinajstić information content (AvgIpc) is 3.16. The Hall–Kier alpha value is -2.24. The van der Waals surface area contributed by atoms with Gasteiger partial charge in [0.05, 0.1) is 5.56 Å². The molecule has 2 aromatic carbocycles. The fourth-order valence-corrected chi connectivity index (χ4v) is 3.69. The number of carbonyl (C=O) groups excluding carboxylic acids is 1. The lowest BCUT2D eigenvalue weighted by molar-refractivity contribution is -0.286. The van der Waals surface area contributed by atoms with E-state index in [-0.39, 0.29) is 11.5 Å². The van der Waals surface area contributed by atoms with Crippen molar-refractivity contribution < 1.29 is 39.1 Å². The van der Waals surface area contributed by atoms with Gasteiger partial charge in [-0.15, -0.1) is 0 Å². The molecule has 1 saturated heterocycles. The lowest BCUT2D eigenvalue weighted by Gasteiger charge is -2.37. The molecule has 0 bridgehead atoms. The summed E-state index contributed by atoms with van der Waals surface area (Å²) in [6, 6.07) is 9.35. The van der Waals surface area contributed by atoms with E-state index in [2.05, 4.69) is 4.98 Å². The van der Waals surface area contributed by atoms with Crippen LogP contribution >= 0.6 is 23.2 Å². The standard InChI is InChI=1S/C20H17Cl2NO8/c21-10-3-9(4-11(22)6-10)18-23-12-2-1-8(5-13(12)30-18)19(27)29-7-14-15(24)16(25)17(26)20(28)31-14/h1-6,14-17,20,24-26,28H,7H2. The predicted octanol–water partition coefficient (Wildman–Crippen LogP) is 1.76. The summed E-state index contributed by atoms with van der Waals surface area (Å²) in [5, 5.41) is 39.5. The van der Waals surface area contributed by atoms with Gasteiger partial charge in [0.25, 0.3) is 0 Å². The fraction of sp³-hybridized carbons (Fsp3) is 0.300. The number of oxazole rings is 1. The third-order valence-corrected chi connectivity index (χ3v) is 5.24. The number of benzene rings is 2. The number of nitrogens with zero attached hydrogens (tertiary/aromatic N) is 1. The van der Waals surface area contributed by atoms with Gasteiger partial charge in [-0.05, 0) is 36.4 Å². The minimum absolute atomic E-state index is 0.144. The van der Waals surface area contributed by atoms with E-state index < -0.39 is 43.3 Å². The molecular weight excluding hydrogens is 453 g/mol. The van der Waals surface area contributed by atoms with Gasteiger partial charge in [-0.25, -0.2) is 9.78 Å². The van der Waals surface area contributed by atoms with E-state index in [1.807, 2.05) is 0 Å². The Balaban J connectivity index is 1.49. The molecule has 1 aliphatic rings. The maximum atomic E-state index is 12.4. The number of halogens is 2. The van der Waals surface area contributed by atoms with Crippen molar-refractivity contribution in [1.82, 2.24) is 4.98 Å². The molecule has 0 aliphatic carbocycles. The maximum absolute atomic E-state index is 12.4. The highest BCUT2D eigenvalue weighted by Gasteiger charge is 2.43. The first-order valence-electron chi connectivity index (χ1n) is 9.15. The first kappa shape index (κ1) is 22.0. The summed E-state index contributed by atoms with van der Waals surface area (Å²) in [4.78, 5) is 16.8. The minimum Gasteiger partial charge on any atom is -0.459 e. The molecule has 1 fully saturated rings. The van der Waals surface area contributed by atoms with Gasteiger partial charge < -0.3 is 34.3 Å². The van der Waals surface area contributed by atoms with E-state index >= 15 is 0 Å². The van der Waals surface area contributed by atoms with E-state index in [1.165, 1.54) is 12.1 Å². The van der Waals surface area contributed by atoms with Gasteiger partial charge >= 0.3 is 5.97 Å². The number of fused-ring (bicyclic) bond motifs is 1. The molecule has 31 heavy (non-hydrogen) atoms. The molecule has 5 unspecified atom stereocenters. The van der Waals surface area contributed by atoms with E-state index in [4.69, 9.17) is 37.1 Å². The third-order valence-electron chi connectivity index (χ3n) is 4.80. The number of carbonyl (C=O) groups is 1. The van der Waals surface area contributed by atoms with Crippen LogP contribution in [0.4, 0.5) is 0 Å². The van der Waals surface area contributed by atoms with Gasteiger partial charge in [0, 0.05) is 15.6 Å². The van der Waals surface area contributed by atoms with Crippen molar-refractivity contribution in [2.45, 2.75) is 30.7 Å². The molecule has 0 spiro atoms. The molecule has 9 nitrogen and oxygen atoms in total. The zero-order chi connectivity index (χ0) is 22.3. The first-order valence-corrected chi connectivity index (χ1v) is 9.90. The summed E-state index contributed by atoms with van der Waals surface area (Å²) < 4.78 is 15.8. The normalized spacial score (nSPS) is 26.2. The van der Waals surface area contributed by atoms with Crippen molar-refractivity contribution in [2.75, 3.05) is 6.61 Å². The summed E-state index contributed by atoms with van der Waals surface area (Å²) in [7, 11) is 0. The number of aromatic nitrogens is 1. The molecule has 4 N–H and O–H groups in total. The molecule has 11 heteroatoms. The molecule has 3 aromatic rings. The van der Waals surface area contributed by atoms with Crippen LogP contribution in [0.15, 0.2) is 40.8 Å². The fourth-order valence-electron chi connectivity index (χ4n) is 3.16. The first-order chi connectivity index (χ1) is 14.7. The Bertz CT molecular complexity index is 1100. The highest BCUT2D eigenvalue weighted by atomic mass is 35.5. The molecule has 1 aromatic heterocycles. The summed E-state index contributed by atoms with van der Waals surface area (Å²) in [5.74, 6) is -0.485. The number of aliphatic hydroxyl groups excluding tert-OH is 4. The molecule has 0 radical (unpaired) electrons. The van der Waals surface area contributed by atoms with Gasteiger partial charge in [-0.1, -0.05) is 23.2 Å². The van der Waals surface area contributed by atoms with Gasteiger partial charge in [-0.2, -0.15) is 0 Å². The quantitative estimate of drug-likeness (QED) is 0.420. The Labute approximate surface area is 185 Å². The SMILES string of the molecule is O=C(OCC1OC(O)C(O)C(O)C1O)c1ccc2nc(-c3cc(Cl)cc(Cl)c3)oc2c1. The van der Waals surface area contributed by atoms with E-state index in [9.17, 15) is 25.2 Å². The highest BCUT2D eigenvalue weighted by molar-refractivity contribution is 6.35. The van der Waals surface area contributed by atoms with Crippen molar-refractivity contribution in [1.29, 1.82) is 0 Å². The monoisotopic (exact) mass is 469 g/mol. The van der Waals surface area contributed by atoms with Crippen molar-refractivity contribution in [3.05, 3.63) is 52.0 Å². The Morgan fingerprint density at radius 3 is 2.42 bits per heavy atom. The van der Waals surface area contributed by atoms with Crippen LogP contribution in [0.1, 0.15) is 10.4 Å². The van der Waals surface area contributed by atoms with E-state index in [0.717, 1.165) is 0 Å². The lowest BCUT2D eigenvalue weighted by atomic mass is 9.99. The second-order valence-electron chi connectivity index (χ2n) is 6.99. The third kappa shape index (κ3) is 4.53. The van der Waals surface area contributed by atoms with Crippen LogP contribution in [-0.4, -0.2) is 68.7 Å². The van der Waals surface area contributed by atoms with Crippen LogP contribution in [0.25, 0.3) is 22.6 Å². The molecular formula is C20H17Cl2NO8. The highest BCUT2D eigenvalue weighted by Crippen LogP contribution is 2.30. The van der Waals surface area contributed by atoms with Crippen molar-refractivity contribution in [3.8, 4) is 11.5 Å². The topological polar surface area (TPSA) is 142 Å². The zero-order valence-corrected chi connectivity index (χ0v) is 17.2. The Morgan fingerprint density at radius 1 is 1.00 bits per heavy atom. The van der Waals surface area contributed by atoms with Crippen LogP contribution in [-0.2, 0) is 9.47 Å². The van der Waals surface area contributed by atoms with Crippen molar-refractivity contribution in [3.63, 3.8) is 0 Å². The van der Waals surface area contributed by atoms with Crippen LogP contribution in [0, 0.1) is 0 Å². The number of aliphatic hydroxyl groups is 4. The molecule has 1 aliphatic heterocycles. The molecule has 5 atom stereocenters. The molecule has 4 rings (SSSR count). The summed E-state index contributed by atoms with van der Waals surface area (Å²) >= 11 is 12.0. The second kappa shape index (κ2) is 8.71. The number of ether oxygens (including phenoxy) is 2. The average molecular weight is 470 g/mol. The van der Waals surface area contributed by atoms with Crippen LogP contribution < -0.4 is 0 Å². The maximum Gasteiger partial charge on any atom is 0.338 e. The Kier molecular flexibility index (Phi) is 6.18. The van der Waals surface area contributed by atoms with Crippen LogP contribution in [0.2, 0.25) is 10.0 Å². The van der Waals surface area contributed by atoms with Crippen LogP contribution in [0.5, 0.6) is 0 Å². The Morgan fingerprint density at radius 2 is 1.71 bits per heavy atom.